The van der Waals surface area contributed by atoms with Gasteiger partial charge in [-0.05, 0) is 74.7 Å². The van der Waals surface area contributed by atoms with Crippen molar-refractivity contribution in [3.63, 3.8) is 0 Å². The van der Waals surface area contributed by atoms with Crippen LogP contribution < -0.4 is 4.90 Å². The third kappa shape index (κ3) is 3.63. The molecule has 0 unspecified atom stereocenters. The van der Waals surface area contributed by atoms with Crippen molar-refractivity contribution in [2.24, 2.45) is 0 Å². The Kier molecular flexibility index (Phi) is 5.13. The lowest BCUT2D eigenvalue weighted by molar-refractivity contribution is 0.566. The highest BCUT2D eigenvalue weighted by Crippen LogP contribution is 2.41. The largest absolute Gasteiger partial charge is 0.363 e. The molecule has 0 aliphatic carbocycles. The lowest BCUT2D eigenvalue weighted by Gasteiger charge is -2.43. The van der Waals surface area contributed by atoms with Gasteiger partial charge in [-0.1, -0.05) is 29.8 Å². The Morgan fingerprint density at radius 2 is 1.93 bits per heavy atom. The minimum atomic E-state index is -0.328. The van der Waals surface area contributed by atoms with E-state index in [2.05, 4.69) is 44.7 Å². The fourth-order valence-electron chi connectivity index (χ4n) is 3.77. The van der Waals surface area contributed by atoms with Crippen LogP contribution in [0.2, 0.25) is 5.02 Å². The number of halogens is 2. The number of fused-ring (bicyclic) bond motifs is 1. The Morgan fingerprint density at radius 3 is 2.52 bits per heavy atom. The van der Waals surface area contributed by atoms with Crippen molar-refractivity contribution < 1.29 is 4.39 Å². The summed E-state index contributed by atoms with van der Waals surface area (Å²) in [6.45, 7) is 9.47. The number of hydrogen-bond donors (Lipinski definition) is 0. The van der Waals surface area contributed by atoms with Crippen LogP contribution in [0.15, 0.2) is 42.5 Å². The van der Waals surface area contributed by atoms with Gasteiger partial charge in [0.2, 0.25) is 0 Å². The number of benzene rings is 2. The fraction of sp³-hybridized carbons (Fsp3) is 0.261. The molecule has 1 aliphatic heterocycles. The Labute approximate surface area is 165 Å². The van der Waals surface area contributed by atoms with Crippen molar-refractivity contribution in [2.45, 2.75) is 33.2 Å². The highest BCUT2D eigenvalue weighted by atomic mass is 35.5. The SMILES string of the molecule is CCN1c2cc(Cl)c(/C=C(\C#N)c3ccc(F)cc3)cc2C(C)=CC1(C)C. The van der Waals surface area contributed by atoms with Gasteiger partial charge in [-0.2, -0.15) is 5.26 Å². The van der Waals surface area contributed by atoms with Gasteiger partial charge in [0.05, 0.1) is 17.2 Å². The second-order valence-corrected chi connectivity index (χ2v) is 7.70. The minimum absolute atomic E-state index is 0.0849. The molecular weight excluding hydrogens is 359 g/mol. The predicted molar refractivity (Wildman–Crippen MR) is 112 cm³/mol. The lowest BCUT2D eigenvalue weighted by atomic mass is 9.87. The molecule has 0 spiro atoms. The Morgan fingerprint density at radius 1 is 1.26 bits per heavy atom. The Hall–Kier alpha value is -2.57. The van der Waals surface area contributed by atoms with Crippen LogP contribution >= 0.6 is 11.6 Å². The van der Waals surface area contributed by atoms with Crippen molar-refractivity contribution in [3.05, 3.63) is 70.0 Å². The number of nitrogens with zero attached hydrogens (tertiary/aromatic N) is 2. The zero-order valence-corrected chi connectivity index (χ0v) is 16.7. The number of anilines is 1. The molecule has 27 heavy (non-hydrogen) atoms. The van der Waals surface area contributed by atoms with Gasteiger partial charge in [0.25, 0.3) is 0 Å². The van der Waals surface area contributed by atoms with Crippen LogP contribution in [0.1, 0.15) is 44.4 Å². The average Bonchev–Trinajstić information content (AvgIpc) is 2.61. The molecule has 0 atom stereocenters. The first kappa shape index (κ1) is 19.2. The van der Waals surface area contributed by atoms with Crippen LogP contribution in [0.4, 0.5) is 10.1 Å². The third-order valence-corrected chi connectivity index (χ3v) is 5.32. The Bertz CT molecular complexity index is 979. The van der Waals surface area contributed by atoms with Crippen molar-refractivity contribution >= 4 is 34.5 Å². The summed E-state index contributed by atoms with van der Waals surface area (Å²) in [6.07, 6.45) is 4.02. The van der Waals surface area contributed by atoms with E-state index >= 15 is 0 Å². The molecule has 3 rings (SSSR count). The summed E-state index contributed by atoms with van der Waals surface area (Å²) in [7, 11) is 0. The van der Waals surface area contributed by atoms with E-state index in [0.29, 0.717) is 16.2 Å². The maximum Gasteiger partial charge on any atom is 0.123 e. The van der Waals surface area contributed by atoms with E-state index in [1.54, 1.807) is 18.2 Å². The van der Waals surface area contributed by atoms with Gasteiger partial charge in [0.1, 0.15) is 5.82 Å². The van der Waals surface area contributed by atoms with Gasteiger partial charge < -0.3 is 4.90 Å². The predicted octanol–water partition coefficient (Wildman–Crippen LogP) is 6.57. The molecule has 0 radical (unpaired) electrons. The number of likely N-dealkylation sites (N-methyl/N-ethyl adjacent to an activating group) is 1. The maximum absolute atomic E-state index is 13.2. The molecule has 0 saturated heterocycles. The first-order valence-corrected chi connectivity index (χ1v) is 9.33. The van der Waals surface area contributed by atoms with E-state index in [9.17, 15) is 9.65 Å². The maximum atomic E-state index is 13.2. The molecule has 2 aromatic carbocycles. The first-order valence-electron chi connectivity index (χ1n) is 8.95. The monoisotopic (exact) mass is 380 g/mol. The second-order valence-electron chi connectivity index (χ2n) is 7.29. The molecular formula is C23H22ClFN2. The third-order valence-electron chi connectivity index (χ3n) is 4.99. The van der Waals surface area contributed by atoms with Gasteiger partial charge in [-0.25, -0.2) is 4.39 Å². The van der Waals surface area contributed by atoms with Gasteiger partial charge in [-0.3, -0.25) is 0 Å². The molecule has 2 nitrogen and oxygen atoms in total. The van der Waals surface area contributed by atoms with Gasteiger partial charge in [0.15, 0.2) is 0 Å². The number of allylic oxidation sites excluding steroid dienone is 2. The summed E-state index contributed by atoms with van der Waals surface area (Å²) >= 11 is 6.58. The van der Waals surface area contributed by atoms with E-state index < -0.39 is 0 Å². The summed E-state index contributed by atoms with van der Waals surface area (Å²) in [5.41, 5.74) is 5.20. The zero-order chi connectivity index (χ0) is 19.8. The molecule has 0 amide bonds. The van der Waals surface area contributed by atoms with Crippen molar-refractivity contribution in [1.82, 2.24) is 0 Å². The Balaban J connectivity index is 2.13. The van der Waals surface area contributed by atoms with E-state index in [4.69, 9.17) is 11.6 Å². The van der Waals surface area contributed by atoms with Crippen LogP contribution in [0.3, 0.4) is 0 Å². The molecule has 0 bridgehead atoms. The molecule has 0 saturated carbocycles. The molecule has 4 heteroatoms. The van der Waals surface area contributed by atoms with Gasteiger partial charge in [-0.15, -0.1) is 0 Å². The minimum Gasteiger partial charge on any atom is -0.363 e. The fourth-order valence-corrected chi connectivity index (χ4v) is 3.98. The van der Waals surface area contributed by atoms with Crippen LogP contribution in [-0.2, 0) is 0 Å². The standard InChI is InChI=1S/C23H22ClFN2/c1-5-27-22-12-21(24)17(11-20(22)15(2)13-23(27,3)4)10-18(14-26)16-6-8-19(25)9-7-16/h6-13H,5H2,1-4H3/b18-10+. The van der Waals surface area contributed by atoms with Gasteiger partial charge in [0, 0.05) is 22.8 Å². The first-order chi connectivity index (χ1) is 12.8. The number of rotatable bonds is 3. The van der Waals surface area contributed by atoms with Crippen LogP contribution in [-0.4, -0.2) is 12.1 Å². The van der Waals surface area contributed by atoms with Crippen molar-refractivity contribution in [2.75, 3.05) is 11.4 Å². The van der Waals surface area contributed by atoms with E-state index in [0.717, 1.165) is 23.4 Å². The summed E-state index contributed by atoms with van der Waals surface area (Å²) in [5, 5.41) is 10.2. The average molecular weight is 381 g/mol. The highest BCUT2D eigenvalue weighted by Gasteiger charge is 2.30. The molecule has 2 aromatic rings. The topological polar surface area (TPSA) is 27.0 Å². The zero-order valence-electron chi connectivity index (χ0n) is 16.0. The second kappa shape index (κ2) is 7.21. The highest BCUT2D eigenvalue weighted by molar-refractivity contribution is 6.32. The van der Waals surface area contributed by atoms with E-state index in [1.807, 2.05) is 12.1 Å². The summed E-state index contributed by atoms with van der Waals surface area (Å²) < 4.78 is 13.2. The number of nitriles is 1. The summed E-state index contributed by atoms with van der Waals surface area (Å²) in [4.78, 5) is 2.32. The van der Waals surface area contributed by atoms with Crippen molar-refractivity contribution in [1.29, 1.82) is 5.26 Å². The molecule has 1 aliphatic rings. The summed E-state index contributed by atoms with van der Waals surface area (Å²) in [6, 6.07) is 12.1. The lowest BCUT2D eigenvalue weighted by Crippen LogP contribution is -2.44. The van der Waals surface area contributed by atoms with E-state index in [1.165, 1.54) is 17.7 Å². The van der Waals surface area contributed by atoms with Crippen LogP contribution in [0.25, 0.3) is 17.2 Å². The molecule has 0 aromatic heterocycles. The molecule has 0 fully saturated rings. The van der Waals surface area contributed by atoms with E-state index in [-0.39, 0.29) is 11.4 Å². The quantitative estimate of drug-likeness (QED) is 0.445. The van der Waals surface area contributed by atoms with Crippen LogP contribution in [0, 0.1) is 17.1 Å². The molecule has 138 valence electrons. The number of hydrogen-bond acceptors (Lipinski definition) is 2. The summed E-state index contributed by atoms with van der Waals surface area (Å²) in [5.74, 6) is -0.328. The molecule has 0 N–H and O–H groups in total. The normalized spacial score (nSPS) is 15.8. The van der Waals surface area contributed by atoms with Gasteiger partial charge >= 0.3 is 0 Å². The van der Waals surface area contributed by atoms with Crippen molar-refractivity contribution in [3.8, 4) is 6.07 Å². The smallest absolute Gasteiger partial charge is 0.123 e. The molecule has 1 heterocycles. The van der Waals surface area contributed by atoms with Crippen LogP contribution in [0.5, 0.6) is 0 Å².